The number of esters is 4. The molecule has 1 fully saturated rings. The highest BCUT2D eigenvalue weighted by molar-refractivity contribution is 5.96. The molecule has 0 aromatic heterocycles. The number of Topliss-reactive ketones (excluding diaryl/α,β-unsaturated/α-hetero) is 1. The molecule has 0 radical (unpaired) electrons. The zero-order valence-corrected chi connectivity index (χ0v) is 20.3. The van der Waals surface area contributed by atoms with E-state index in [1.165, 1.54) is 19.1 Å². The Bertz CT molecular complexity index is 924. The molecule has 0 saturated carbocycles. The van der Waals surface area contributed by atoms with Crippen LogP contribution in [0.5, 0.6) is 5.75 Å². The molecule has 1 aliphatic heterocycles. The lowest BCUT2D eigenvalue weighted by atomic mass is 9.98. The largest absolute Gasteiger partial charge is 0.463 e. The molecule has 1 aromatic carbocycles. The van der Waals surface area contributed by atoms with Crippen molar-refractivity contribution in [3.8, 4) is 5.75 Å². The van der Waals surface area contributed by atoms with Crippen molar-refractivity contribution in [1.82, 2.24) is 0 Å². The summed E-state index contributed by atoms with van der Waals surface area (Å²) in [5, 5.41) is 0. The highest BCUT2D eigenvalue weighted by Gasteiger charge is 2.53. The molecule has 0 spiro atoms. The minimum absolute atomic E-state index is 0.0219. The average Bonchev–Trinajstić information content (AvgIpc) is 2.76. The molecule has 2 rings (SSSR count). The lowest BCUT2D eigenvalue weighted by molar-refractivity contribution is -0.288. The van der Waals surface area contributed by atoms with Crippen LogP contribution in [0.25, 0.3) is 0 Å². The van der Waals surface area contributed by atoms with Crippen LogP contribution in [0.4, 0.5) is 0 Å². The molecule has 0 bridgehead atoms. The van der Waals surface area contributed by atoms with E-state index in [-0.39, 0.29) is 18.1 Å². The normalized spacial score (nSPS) is 23.5. The third-order valence-corrected chi connectivity index (χ3v) is 4.85. The van der Waals surface area contributed by atoms with Gasteiger partial charge in [-0.25, -0.2) is 0 Å². The number of rotatable bonds is 10. The van der Waals surface area contributed by atoms with Crippen LogP contribution in [0.2, 0.25) is 0 Å². The Labute approximate surface area is 202 Å². The van der Waals surface area contributed by atoms with Gasteiger partial charge in [-0.05, 0) is 30.7 Å². The Kier molecular flexibility index (Phi) is 10.2. The number of carbonyl (C=O) groups is 5. The molecular weight excluding hydrogens is 464 g/mol. The van der Waals surface area contributed by atoms with Crippen molar-refractivity contribution >= 4 is 29.7 Å². The fourth-order valence-corrected chi connectivity index (χ4v) is 3.51. The Hall–Kier alpha value is -3.47. The van der Waals surface area contributed by atoms with E-state index in [2.05, 4.69) is 0 Å². The van der Waals surface area contributed by atoms with E-state index in [0.717, 1.165) is 20.8 Å². The van der Waals surface area contributed by atoms with Gasteiger partial charge in [-0.3, -0.25) is 24.0 Å². The van der Waals surface area contributed by atoms with Gasteiger partial charge in [0.25, 0.3) is 0 Å². The van der Waals surface area contributed by atoms with Crippen LogP contribution < -0.4 is 4.74 Å². The van der Waals surface area contributed by atoms with Gasteiger partial charge in [-0.1, -0.05) is 6.92 Å². The predicted molar refractivity (Wildman–Crippen MR) is 118 cm³/mol. The van der Waals surface area contributed by atoms with Gasteiger partial charge in [-0.2, -0.15) is 0 Å². The first-order valence-electron chi connectivity index (χ1n) is 11.1. The van der Waals surface area contributed by atoms with Gasteiger partial charge in [0.05, 0.1) is 0 Å². The SMILES string of the molecule is CCCC(=O)c1ccc(O[C@@H]2O[C@H](COC(C)=O)[C@H](OC(C)=O)[C@H](OC(C)=O)[C@H]2OC(C)=O)cc1. The van der Waals surface area contributed by atoms with Crippen molar-refractivity contribution in [2.24, 2.45) is 0 Å². The van der Waals surface area contributed by atoms with E-state index in [0.29, 0.717) is 18.4 Å². The van der Waals surface area contributed by atoms with Gasteiger partial charge in [0.2, 0.25) is 12.4 Å². The summed E-state index contributed by atoms with van der Waals surface area (Å²) in [6.07, 6.45) is -5.28. The third-order valence-electron chi connectivity index (χ3n) is 4.85. The molecule has 11 nitrogen and oxygen atoms in total. The standard InChI is InChI=1S/C24H30O11/c1-6-7-19(29)17-8-10-18(11-9-17)34-24-23(33-16(5)28)22(32-15(4)27)21(31-14(3)26)20(35-24)12-30-13(2)25/h8-11,20-24H,6-7,12H2,1-5H3/t20-,21+,22+,23-,24-/m1/s1. The van der Waals surface area contributed by atoms with Gasteiger partial charge in [-0.15, -0.1) is 0 Å². The molecule has 1 aliphatic rings. The Morgan fingerprint density at radius 1 is 0.771 bits per heavy atom. The summed E-state index contributed by atoms with van der Waals surface area (Å²) < 4.78 is 32.8. The molecule has 0 amide bonds. The average molecular weight is 494 g/mol. The monoisotopic (exact) mass is 494 g/mol. The molecule has 1 aromatic rings. The third kappa shape index (κ3) is 8.36. The Morgan fingerprint density at radius 3 is 1.83 bits per heavy atom. The summed E-state index contributed by atoms with van der Waals surface area (Å²) in [6.45, 7) is 6.14. The van der Waals surface area contributed by atoms with Crippen LogP contribution >= 0.6 is 0 Å². The summed E-state index contributed by atoms with van der Waals surface area (Å²) >= 11 is 0. The first kappa shape index (κ1) is 27.8. The van der Waals surface area contributed by atoms with Crippen LogP contribution in [0.15, 0.2) is 24.3 Å². The van der Waals surface area contributed by atoms with Crippen LogP contribution in [-0.2, 0) is 42.9 Å². The molecule has 5 atom stereocenters. The van der Waals surface area contributed by atoms with E-state index < -0.39 is 54.6 Å². The summed E-state index contributed by atoms with van der Waals surface area (Å²) in [7, 11) is 0. The molecule has 0 N–H and O–H groups in total. The lowest BCUT2D eigenvalue weighted by Gasteiger charge is -2.43. The molecule has 35 heavy (non-hydrogen) atoms. The van der Waals surface area contributed by atoms with E-state index in [1.54, 1.807) is 12.1 Å². The number of hydrogen-bond donors (Lipinski definition) is 0. The quantitative estimate of drug-likeness (QED) is 0.268. The second kappa shape index (κ2) is 12.8. The first-order chi connectivity index (χ1) is 16.5. The maximum atomic E-state index is 12.1. The van der Waals surface area contributed by atoms with E-state index in [9.17, 15) is 24.0 Å². The number of benzene rings is 1. The maximum Gasteiger partial charge on any atom is 0.303 e. The maximum absolute atomic E-state index is 12.1. The van der Waals surface area contributed by atoms with Gasteiger partial charge in [0.15, 0.2) is 18.0 Å². The fraction of sp³-hybridized carbons (Fsp3) is 0.542. The van der Waals surface area contributed by atoms with Crippen molar-refractivity contribution < 1.29 is 52.4 Å². The molecule has 0 unspecified atom stereocenters. The molecule has 0 aliphatic carbocycles. The minimum atomic E-state index is -1.34. The first-order valence-corrected chi connectivity index (χ1v) is 11.1. The number of hydrogen-bond acceptors (Lipinski definition) is 11. The predicted octanol–water partition coefficient (Wildman–Crippen LogP) is 2.13. The minimum Gasteiger partial charge on any atom is -0.463 e. The summed E-state index contributed by atoms with van der Waals surface area (Å²) in [4.78, 5) is 59.0. The van der Waals surface area contributed by atoms with Gasteiger partial charge in [0.1, 0.15) is 18.5 Å². The van der Waals surface area contributed by atoms with E-state index in [1.807, 2.05) is 6.92 Å². The highest BCUT2D eigenvalue weighted by atomic mass is 16.7. The molecule has 1 heterocycles. The Balaban J connectivity index is 2.40. The molecular formula is C24H30O11. The second-order valence-corrected chi connectivity index (χ2v) is 7.88. The lowest BCUT2D eigenvalue weighted by Crippen LogP contribution is -2.63. The van der Waals surface area contributed by atoms with Crippen LogP contribution in [-0.4, -0.2) is 67.0 Å². The van der Waals surface area contributed by atoms with Gasteiger partial charge < -0.3 is 28.4 Å². The van der Waals surface area contributed by atoms with E-state index in [4.69, 9.17) is 28.4 Å². The molecule has 1 saturated heterocycles. The van der Waals surface area contributed by atoms with E-state index >= 15 is 0 Å². The Morgan fingerprint density at radius 2 is 1.31 bits per heavy atom. The molecule has 11 heteroatoms. The van der Waals surface area contributed by atoms with Gasteiger partial charge >= 0.3 is 23.9 Å². The zero-order valence-electron chi connectivity index (χ0n) is 20.3. The number of ether oxygens (including phenoxy) is 6. The van der Waals surface area contributed by atoms with Crippen molar-refractivity contribution in [3.63, 3.8) is 0 Å². The summed E-state index contributed by atoms with van der Waals surface area (Å²) in [6, 6.07) is 6.24. The summed E-state index contributed by atoms with van der Waals surface area (Å²) in [5.74, 6) is -2.58. The van der Waals surface area contributed by atoms with Crippen molar-refractivity contribution in [1.29, 1.82) is 0 Å². The summed E-state index contributed by atoms with van der Waals surface area (Å²) in [5.41, 5.74) is 0.501. The molecule has 192 valence electrons. The van der Waals surface area contributed by atoms with Crippen molar-refractivity contribution in [3.05, 3.63) is 29.8 Å². The van der Waals surface area contributed by atoms with Crippen LogP contribution in [0.1, 0.15) is 57.8 Å². The highest BCUT2D eigenvalue weighted by Crippen LogP contribution is 2.31. The fourth-order valence-electron chi connectivity index (χ4n) is 3.51. The van der Waals surface area contributed by atoms with Crippen LogP contribution in [0, 0.1) is 0 Å². The van der Waals surface area contributed by atoms with Crippen LogP contribution in [0.3, 0.4) is 0 Å². The smallest absolute Gasteiger partial charge is 0.303 e. The topological polar surface area (TPSA) is 141 Å². The second-order valence-electron chi connectivity index (χ2n) is 7.88. The zero-order chi connectivity index (χ0) is 26.1. The van der Waals surface area contributed by atoms with Crippen molar-refractivity contribution in [2.45, 2.75) is 78.2 Å². The van der Waals surface area contributed by atoms with Crippen molar-refractivity contribution in [2.75, 3.05) is 6.61 Å². The number of carbonyl (C=O) groups excluding carboxylic acids is 5. The van der Waals surface area contributed by atoms with Gasteiger partial charge in [0, 0.05) is 39.7 Å². The number of ketones is 1.